The Labute approximate surface area is 110 Å². The van der Waals surface area contributed by atoms with Gasteiger partial charge in [0, 0.05) is 19.6 Å². The molecular weight excluding hydrogens is 232 g/mol. The van der Waals surface area contributed by atoms with Crippen molar-refractivity contribution in [1.29, 1.82) is 0 Å². The molecule has 0 spiro atoms. The Balaban J connectivity index is 2.98. The molecule has 0 aliphatic rings. The second kappa shape index (κ2) is 6.27. The van der Waals surface area contributed by atoms with E-state index in [9.17, 15) is 0 Å². The maximum atomic E-state index is 6.29. The molecule has 1 aromatic rings. The van der Waals surface area contributed by atoms with E-state index in [0.29, 0.717) is 18.5 Å². The van der Waals surface area contributed by atoms with Crippen LogP contribution >= 0.6 is 11.6 Å². The van der Waals surface area contributed by atoms with Crippen LogP contribution in [0.25, 0.3) is 0 Å². The number of nitrogens with zero attached hydrogens (tertiary/aromatic N) is 1. The first-order valence-electron chi connectivity index (χ1n) is 6.17. The summed E-state index contributed by atoms with van der Waals surface area (Å²) >= 11 is 6.29. The summed E-state index contributed by atoms with van der Waals surface area (Å²) in [7, 11) is 2.09. The lowest BCUT2D eigenvalue weighted by Gasteiger charge is -2.30. The van der Waals surface area contributed by atoms with Crippen LogP contribution in [0.15, 0.2) is 18.2 Å². The molecule has 1 aromatic carbocycles. The number of para-hydroxylation sites is 1. The monoisotopic (exact) mass is 254 g/mol. The minimum Gasteiger partial charge on any atom is -0.370 e. The fourth-order valence-corrected chi connectivity index (χ4v) is 2.51. The summed E-state index contributed by atoms with van der Waals surface area (Å²) in [6.45, 7) is 7.22. The van der Waals surface area contributed by atoms with E-state index < -0.39 is 0 Å². The first kappa shape index (κ1) is 14.3. The van der Waals surface area contributed by atoms with Crippen molar-refractivity contribution in [3.63, 3.8) is 0 Å². The van der Waals surface area contributed by atoms with Gasteiger partial charge in [-0.15, -0.1) is 0 Å². The summed E-state index contributed by atoms with van der Waals surface area (Å²) in [5.41, 5.74) is 7.95. The molecule has 0 aromatic heterocycles. The summed E-state index contributed by atoms with van der Waals surface area (Å²) in [6.07, 6.45) is 1.14. The first-order chi connectivity index (χ1) is 7.97. The maximum absolute atomic E-state index is 6.29. The number of halogens is 1. The highest BCUT2D eigenvalue weighted by molar-refractivity contribution is 6.33. The molecule has 0 saturated carbocycles. The summed E-state index contributed by atoms with van der Waals surface area (Å²) in [5.74, 6) is 0.677. The van der Waals surface area contributed by atoms with Gasteiger partial charge in [0.1, 0.15) is 0 Å². The van der Waals surface area contributed by atoms with Gasteiger partial charge in [0.05, 0.1) is 10.7 Å². The van der Waals surface area contributed by atoms with Crippen molar-refractivity contribution in [2.45, 2.75) is 39.8 Å². The molecule has 1 atom stereocenters. The molecule has 0 amide bonds. The predicted octanol–water partition coefficient (Wildman–Crippen LogP) is 3.67. The zero-order valence-electron chi connectivity index (χ0n) is 11.2. The van der Waals surface area contributed by atoms with Gasteiger partial charge in [0.15, 0.2) is 0 Å². The van der Waals surface area contributed by atoms with E-state index in [1.54, 1.807) is 0 Å². The van der Waals surface area contributed by atoms with Crippen molar-refractivity contribution < 1.29 is 0 Å². The third-order valence-electron chi connectivity index (χ3n) is 3.12. The molecular formula is C14H23ClN2. The Kier molecular flexibility index (Phi) is 5.29. The fraction of sp³-hybridized carbons (Fsp3) is 0.571. The van der Waals surface area contributed by atoms with Crippen molar-refractivity contribution in [2.75, 3.05) is 11.9 Å². The van der Waals surface area contributed by atoms with Crippen LogP contribution in [-0.4, -0.2) is 13.1 Å². The summed E-state index contributed by atoms with van der Waals surface area (Å²) < 4.78 is 0. The molecule has 0 heterocycles. The molecule has 1 unspecified atom stereocenters. The molecule has 96 valence electrons. The molecule has 0 fully saturated rings. The Hall–Kier alpha value is -0.730. The van der Waals surface area contributed by atoms with Gasteiger partial charge in [0.25, 0.3) is 0 Å². The van der Waals surface area contributed by atoms with Crippen molar-refractivity contribution in [3.8, 4) is 0 Å². The molecule has 3 heteroatoms. The maximum Gasteiger partial charge on any atom is 0.0642 e. The van der Waals surface area contributed by atoms with Gasteiger partial charge in [-0.1, -0.05) is 37.6 Å². The Bertz CT molecular complexity index is 363. The van der Waals surface area contributed by atoms with E-state index in [1.165, 1.54) is 0 Å². The largest absolute Gasteiger partial charge is 0.370 e. The number of rotatable bonds is 5. The second-order valence-corrected chi connectivity index (χ2v) is 5.45. The lowest BCUT2D eigenvalue weighted by atomic mass is 10.0. The number of anilines is 1. The number of hydrogen-bond acceptors (Lipinski definition) is 2. The SMILES string of the molecule is CC(C)CC(C)N(C)c1c(Cl)cccc1CN. The second-order valence-electron chi connectivity index (χ2n) is 5.04. The summed E-state index contributed by atoms with van der Waals surface area (Å²) in [4.78, 5) is 2.24. The van der Waals surface area contributed by atoms with Crippen LogP contribution in [0.1, 0.15) is 32.8 Å². The molecule has 0 aliphatic heterocycles. The smallest absolute Gasteiger partial charge is 0.0642 e. The average Bonchev–Trinajstić information content (AvgIpc) is 2.26. The van der Waals surface area contributed by atoms with Gasteiger partial charge < -0.3 is 10.6 Å². The van der Waals surface area contributed by atoms with Crippen LogP contribution in [0.4, 0.5) is 5.69 Å². The Morgan fingerprint density at radius 2 is 1.94 bits per heavy atom. The van der Waals surface area contributed by atoms with Crippen molar-refractivity contribution >= 4 is 17.3 Å². The number of benzene rings is 1. The molecule has 0 saturated heterocycles. The topological polar surface area (TPSA) is 29.3 Å². The fourth-order valence-electron chi connectivity index (χ4n) is 2.18. The highest BCUT2D eigenvalue weighted by Gasteiger charge is 2.16. The van der Waals surface area contributed by atoms with Crippen molar-refractivity contribution in [1.82, 2.24) is 0 Å². The van der Waals surface area contributed by atoms with Gasteiger partial charge in [-0.25, -0.2) is 0 Å². The predicted molar refractivity (Wildman–Crippen MR) is 76.7 cm³/mol. The Morgan fingerprint density at radius 3 is 2.47 bits per heavy atom. The minimum absolute atomic E-state index is 0.459. The highest BCUT2D eigenvalue weighted by Crippen LogP contribution is 2.31. The molecule has 2 nitrogen and oxygen atoms in total. The first-order valence-corrected chi connectivity index (χ1v) is 6.55. The lowest BCUT2D eigenvalue weighted by molar-refractivity contribution is 0.503. The number of nitrogens with two attached hydrogens (primary N) is 1. The van der Waals surface area contributed by atoms with Crippen LogP contribution in [0.5, 0.6) is 0 Å². The van der Waals surface area contributed by atoms with Crippen LogP contribution in [0, 0.1) is 5.92 Å². The lowest BCUT2D eigenvalue weighted by Crippen LogP contribution is -2.31. The molecule has 0 bridgehead atoms. The molecule has 0 radical (unpaired) electrons. The molecule has 2 N–H and O–H groups in total. The van der Waals surface area contributed by atoms with Crippen molar-refractivity contribution in [3.05, 3.63) is 28.8 Å². The van der Waals surface area contributed by atoms with E-state index in [1.807, 2.05) is 18.2 Å². The Morgan fingerprint density at radius 1 is 1.29 bits per heavy atom. The third-order valence-corrected chi connectivity index (χ3v) is 3.42. The van der Waals surface area contributed by atoms with Gasteiger partial charge in [-0.05, 0) is 30.9 Å². The van der Waals surface area contributed by atoms with Gasteiger partial charge in [-0.2, -0.15) is 0 Å². The third kappa shape index (κ3) is 3.62. The van der Waals surface area contributed by atoms with E-state index in [0.717, 1.165) is 22.7 Å². The van der Waals surface area contributed by atoms with E-state index in [2.05, 4.69) is 32.7 Å². The molecule has 1 rings (SSSR count). The van der Waals surface area contributed by atoms with Crippen molar-refractivity contribution in [2.24, 2.45) is 11.7 Å². The van der Waals surface area contributed by atoms with E-state index in [-0.39, 0.29) is 0 Å². The number of hydrogen-bond donors (Lipinski definition) is 1. The average molecular weight is 255 g/mol. The zero-order valence-corrected chi connectivity index (χ0v) is 12.0. The van der Waals surface area contributed by atoms with E-state index >= 15 is 0 Å². The van der Waals surface area contributed by atoms with E-state index in [4.69, 9.17) is 17.3 Å². The van der Waals surface area contributed by atoms with Crippen LogP contribution in [0.3, 0.4) is 0 Å². The van der Waals surface area contributed by atoms with Crippen LogP contribution in [-0.2, 0) is 6.54 Å². The van der Waals surface area contributed by atoms with Crippen LogP contribution < -0.4 is 10.6 Å². The minimum atomic E-state index is 0.459. The highest BCUT2D eigenvalue weighted by atomic mass is 35.5. The quantitative estimate of drug-likeness (QED) is 0.869. The van der Waals surface area contributed by atoms with Gasteiger partial charge in [-0.3, -0.25) is 0 Å². The summed E-state index contributed by atoms with van der Waals surface area (Å²) in [6, 6.07) is 6.38. The molecule has 17 heavy (non-hydrogen) atoms. The van der Waals surface area contributed by atoms with Crippen LogP contribution in [0.2, 0.25) is 5.02 Å². The molecule has 0 aliphatic carbocycles. The zero-order chi connectivity index (χ0) is 13.0. The summed E-state index contributed by atoms with van der Waals surface area (Å²) in [5, 5.41) is 0.783. The normalized spacial score (nSPS) is 12.9. The van der Waals surface area contributed by atoms with Gasteiger partial charge >= 0.3 is 0 Å². The van der Waals surface area contributed by atoms with Gasteiger partial charge in [0.2, 0.25) is 0 Å². The standard InChI is InChI=1S/C14H23ClN2/c1-10(2)8-11(3)17(4)14-12(9-16)6-5-7-13(14)15/h5-7,10-11H,8-9,16H2,1-4H3.